The second-order valence-electron chi connectivity index (χ2n) is 2.85. The monoisotopic (exact) mass is 206 g/mol. The fraction of sp³-hybridized carbons (Fsp3) is 0.333. The van der Waals surface area contributed by atoms with E-state index < -0.39 is 0 Å². The van der Waals surface area contributed by atoms with E-state index in [2.05, 4.69) is 10.3 Å². The third kappa shape index (κ3) is 3.60. The van der Waals surface area contributed by atoms with E-state index in [0.29, 0.717) is 18.5 Å². The van der Waals surface area contributed by atoms with E-state index in [1.807, 2.05) is 6.07 Å². The lowest BCUT2D eigenvalue weighted by Gasteiger charge is -2.02. The molecule has 6 nitrogen and oxygen atoms in total. The lowest BCUT2D eigenvalue weighted by molar-refractivity contribution is -0.121. The first-order chi connectivity index (χ1) is 7.26. The van der Waals surface area contributed by atoms with Gasteiger partial charge in [-0.1, -0.05) is 0 Å². The Kier molecular flexibility index (Phi) is 4.04. The summed E-state index contributed by atoms with van der Waals surface area (Å²) in [5.74, 6) is -0.208. The van der Waals surface area contributed by atoms with Crippen LogP contribution in [0.3, 0.4) is 0 Å². The highest BCUT2D eigenvalue weighted by molar-refractivity contribution is 5.76. The smallest absolute Gasteiger partial charge is 0.240 e. The Bertz CT molecular complexity index is 391. The molecule has 0 aliphatic heterocycles. The van der Waals surface area contributed by atoms with Gasteiger partial charge in [0.15, 0.2) is 6.29 Å². The number of aldehydes is 1. The van der Waals surface area contributed by atoms with Crippen molar-refractivity contribution < 1.29 is 9.59 Å². The highest BCUT2D eigenvalue weighted by atomic mass is 16.2. The molecule has 1 aromatic rings. The molecule has 1 amide bonds. The summed E-state index contributed by atoms with van der Waals surface area (Å²) in [6.07, 6.45) is 3.80. The van der Waals surface area contributed by atoms with Gasteiger partial charge in [-0.15, -0.1) is 0 Å². The van der Waals surface area contributed by atoms with Gasteiger partial charge in [-0.25, -0.2) is 4.98 Å². The summed E-state index contributed by atoms with van der Waals surface area (Å²) < 4.78 is 1.51. The molecule has 0 aliphatic carbocycles. The van der Waals surface area contributed by atoms with Crippen LogP contribution in [-0.2, 0) is 11.3 Å². The number of amides is 1. The zero-order valence-corrected chi connectivity index (χ0v) is 8.01. The standard InChI is InChI=1S/C9H10N4O2/c10-2-1-3-11-9(15)5-13-4-8(6-14)12-7-13/h4,6-7H,1,3,5H2,(H,11,15). The number of nitrogens with zero attached hydrogens (tertiary/aromatic N) is 3. The summed E-state index contributed by atoms with van der Waals surface area (Å²) in [7, 11) is 0. The lowest BCUT2D eigenvalue weighted by atomic mass is 10.4. The van der Waals surface area contributed by atoms with Crippen molar-refractivity contribution in [2.24, 2.45) is 0 Å². The molecule has 0 fully saturated rings. The molecule has 1 rings (SSSR count). The van der Waals surface area contributed by atoms with Crippen LogP contribution in [0.4, 0.5) is 0 Å². The van der Waals surface area contributed by atoms with E-state index in [1.54, 1.807) is 0 Å². The number of hydrogen-bond donors (Lipinski definition) is 1. The highest BCUT2D eigenvalue weighted by Gasteiger charge is 2.02. The zero-order chi connectivity index (χ0) is 11.1. The molecule has 15 heavy (non-hydrogen) atoms. The van der Waals surface area contributed by atoms with Crippen molar-refractivity contribution in [2.45, 2.75) is 13.0 Å². The quantitative estimate of drug-likeness (QED) is 0.530. The van der Waals surface area contributed by atoms with Crippen LogP contribution < -0.4 is 5.32 Å². The molecule has 78 valence electrons. The minimum absolute atomic E-state index is 0.103. The van der Waals surface area contributed by atoms with Crippen LogP contribution in [0.1, 0.15) is 16.9 Å². The number of imidazole rings is 1. The van der Waals surface area contributed by atoms with Gasteiger partial charge in [-0.2, -0.15) is 5.26 Å². The van der Waals surface area contributed by atoms with Gasteiger partial charge in [0.05, 0.1) is 18.8 Å². The maximum Gasteiger partial charge on any atom is 0.240 e. The van der Waals surface area contributed by atoms with Crippen molar-refractivity contribution in [1.82, 2.24) is 14.9 Å². The number of nitriles is 1. The Hall–Kier alpha value is -2.16. The molecule has 0 spiro atoms. The molecule has 6 heteroatoms. The summed E-state index contributed by atoms with van der Waals surface area (Å²) in [5.41, 5.74) is 0.292. The summed E-state index contributed by atoms with van der Waals surface area (Å²) in [5, 5.41) is 10.8. The molecule has 0 radical (unpaired) electrons. The number of aromatic nitrogens is 2. The van der Waals surface area contributed by atoms with Gasteiger partial charge in [-0.05, 0) is 0 Å². The maximum atomic E-state index is 11.2. The first-order valence-corrected chi connectivity index (χ1v) is 4.37. The minimum atomic E-state index is -0.208. The fourth-order valence-electron chi connectivity index (χ4n) is 1.00. The number of carbonyl (C=O) groups is 2. The highest BCUT2D eigenvalue weighted by Crippen LogP contribution is 1.92. The molecule has 0 saturated carbocycles. The fourth-order valence-corrected chi connectivity index (χ4v) is 1.00. The summed E-state index contributed by atoms with van der Waals surface area (Å²) in [6.45, 7) is 0.441. The third-order valence-electron chi connectivity index (χ3n) is 1.66. The van der Waals surface area contributed by atoms with Crippen LogP contribution in [0.5, 0.6) is 0 Å². The molecule has 0 unspecified atom stereocenters. The van der Waals surface area contributed by atoms with Gasteiger partial charge in [0.1, 0.15) is 12.2 Å². The van der Waals surface area contributed by atoms with Crippen LogP contribution in [0, 0.1) is 11.3 Å². The topological polar surface area (TPSA) is 87.8 Å². The van der Waals surface area contributed by atoms with Crippen LogP contribution in [0.15, 0.2) is 12.5 Å². The van der Waals surface area contributed by atoms with Crippen molar-refractivity contribution in [2.75, 3.05) is 6.54 Å². The molecule has 0 saturated heterocycles. The van der Waals surface area contributed by atoms with Gasteiger partial charge in [0, 0.05) is 12.7 Å². The number of carbonyl (C=O) groups excluding carboxylic acids is 2. The molecule has 0 aliphatic rings. The second-order valence-corrected chi connectivity index (χ2v) is 2.85. The van der Waals surface area contributed by atoms with E-state index in [-0.39, 0.29) is 18.9 Å². The Labute approximate surface area is 86.5 Å². The van der Waals surface area contributed by atoms with E-state index in [1.165, 1.54) is 17.1 Å². The van der Waals surface area contributed by atoms with Gasteiger partial charge in [0.2, 0.25) is 5.91 Å². The molecule has 1 N–H and O–H groups in total. The predicted octanol–water partition coefficient (Wildman–Crippen LogP) is -0.275. The maximum absolute atomic E-state index is 11.2. The van der Waals surface area contributed by atoms with Crippen molar-refractivity contribution in [3.8, 4) is 6.07 Å². The lowest BCUT2D eigenvalue weighted by Crippen LogP contribution is -2.27. The van der Waals surface area contributed by atoms with E-state index >= 15 is 0 Å². The molecule has 0 atom stereocenters. The Morgan fingerprint density at radius 1 is 1.73 bits per heavy atom. The van der Waals surface area contributed by atoms with Crippen molar-refractivity contribution in [3.05, 3.63) is 18.2 Å². The Morgan fingerprint density at radius 3 is 3.13 bits per heavy atom. The van der Waals surface area contributed by atoms with Gasteiger partial charge < -0.3 is 9.88 Å². The number of rotatable bonds is 5. The molecule has 1 heterocycles. The third-order valence-corrected chi connectivity index (χ3v) is 1.66. The minimum Gasteiger partial charge on any atom is -0.354 e. The van der Waals surface area contributed by atoms with Gasteiger partial charge >= 0.3 is 0 Å². The SMILES string of the molecule is N#CCCNC(=O)Cn1cnc(C=O)c1. The van der Waals surface area contributed by atoms with Crippen LogP contribution >= 0.6 is 0 Å². The average Bonchev–Trinajstić information content (AvgIpc) is 2.66. The summed E-state index contributed by atoms with van der Waals surface area (Å²) in [6, 6.07) is 1.92. The first-order valence-electron chi connectivity index (χ1n) is 4.37. The normalized spacial score (nSPS) is 9.27. The predicted molar refractivity (Wildman–Crippen MR) is 50.9 cm³/mol. The number of hydrogen-bond acceptors (Lipinski definition) is 4. The van der Waals surface area contributed by atoms with Crippen LogP contribution in [0.2, 0.25) is 0 Å². The molecular formula is C9H10N4O2. The molecule has 1 aromatic heterocycles. The van der Waals surface area contributed by atoms with Crippen LogP contribution in [0.25, 0.3) is 0 Å². The van der Waals surface area contributed by atoms with Crippen molar-refractivity contribution >= 4 is 12.2 Å². The van der Waals surface area contributed by atoms with E-state index in [4.69, 9.17) is 5.26 Å². The molecule has 0 aromatic carbocycles. The summed E-state index contributed by atoms with van der Waals surface area (Å²) >= 11 is 0. The van der Waals surface area contributed by atoms with E-state index in [0.717, 1.165) is 0 Å². The van der Waals surface area contributed by atoms with Gasteiger partial charge in [-0.3, -0.25) is 9.59 Å². The largest absolute Gasteiger partial charge is 0.354 e. The van der Waals surface area contributed by atoms with Crippen molar-refractivity contribution in [3.63, 3.8) is 0 Å². The van der Waals surface area contributed by atoms with Crippen LogP contribution in [-0.4, -0.2) is 28.3 Å². The molecule has 0 bridgehead atoms. The number of nitrogens with one attached hydrogen (secondary N) is 1. The van der Waals surface area contributed by atoms with Gasteiger partial charge in [0.25, 0.3) is 0 Å². The zero-order valence-electron chi connectivity index (χ0n) is 8.01. The molecular weight excluding hydrogens is 196 g/mol. The average molecular weight is 206 g/mol. The first kappa shape index (κ1) is 10.9. The summed E-state index contributed by atoms with van der Waals surface area (Å²) in [4.78, 5) is 25.3. The van der Waals surface area contributed by atoms with Crippen molar-refractivity contribution in [1.29, 1.82) is 5.26 Å². The Morgan fingerprint density at radius 2 is 2.53 bits per heavy atom. The second kappa shape index (κ2) is 5.54. The Balaban J connectivity index is 2.38. The van der Waals surface area contributed by atoms with E-state index in [9.17, 15) is 9.59 Å².